The van der Waals surface area contributed by atoms with E-state index in [1.807, 2.05) is 19.2 Å². The highest BCUT2D eigenvalue weighted by atomic mass is 14.9. The maximum atomic E-state index is 4.40. The quantitative estimate of drug-likeness (QED) is 0.829. The Labute approximate surface area is 110 Å². The van der Waals surface area contributed by atoms with Crippen LogP contribution in [0.2, 0.25) is 0 Å². The van der Waals surface area contributed by atoms with E-state index in [1.54, 1.807) is 5.57 Å². The van der Waals surface area contributed by atoms with Crippen LogP contribution in [0, 0.1) is 18.8 Å². The van der Waals surface area contributed by atoms with E-state index in [0.29, 0.717) is 0 Å². The van der Waals surface area contributed by atoms with Gasteiger partial charge in [-0.3, -0.25) is 0 Å². The van der Waals surface area contributed by atoms with Crippen molar-refractivity contribution < 1.29 is 0 Å². The number of allylic oxidation sites excluding steroid dienone is 2. The minimum absolute atomic E-state index is 0.729. The molecule has 3 heteroatoms. The molecule has 2 unspecified atom stereocenters. The molecule has 98 valence electrons. The Kier molecular flexibility index (Phi) is 4.48. The molecule has 1 aromatic heterocycles. The van der Waals surface area contributed by atoms with Gasteiger partial charge < -0.3 is 5.32 Å². The van der Waals surface area contributed by atoms with Gasteiger partial charge in [0.05, 0.1) is 5.69 Å². The Balaban J connectivity index is 1.77. The predicted molar refractivity (Wildman–Crippen MR) is 74.1 cm³/mol. The van der Waals surface area contributed by atoms with E-state index in [1.165, 1.54) is 12.8 Å². The first-order chi connectivity index (χ1) is 8.63. The monoisotopic (exact) mass is 245 g/mol. The van der Waals surface area contributed by atoms with Gasteiger partial charge in [-0.15, -0.1) is 0 Å². The molecule has 0 bridgehead atoms. The summed E-state index contributed by atoms with van der Waals surface area (Å²) in [6.45, 7) is 8.41. The Morgan fingerprint density at radius 1 is 1.39 bits per heavy atom. The number of aromatic nitrogens is 2. The molecule has 3 nitrogen and oxygen atoms in total. The van der Waals surface area contributed by atoms with Crippen LogP contribution in [0.25, 0.3) is 0 Å². The highest BCUT2D eigenvalue weighted by Crippen LogP contribution is 2.27. The molecule has 0 aliphatic heterocycles. The molecule has 0 amide bonds. The number of hydrogen-bond acceptors (Lipinski definition) is 3. The fourth-order valence-corrected chi connectivity index (χ4v) is 2.85. The average Bonchev–Trinajstić information content (AvgIpc) is 2.27. The summed E-state index contributed by atoms with van der Waals surface area (Å²) in [4.78, 5) is 8.51. The van der Waals surface area contributed by atoms with E-state index in [-0.39, 0.29) is 0 Å². The van der Waals surface area contributed by atoms with Gasteiger partial charge in [-0.1, -0.05) is 18.6 Å². The Morgan fingerprint density at radius 3 is 2.94 bits per heavy atom. The highest BCUT2D eigenvalue weighted by Gasteiger charge is 2.17. The molecule has 2 atom stereocenters. The topological polar surface area (TPSA) is 37.8 Å². The van der Waals surface area contributed by atoms with Crippen molar-refractivity contribution in [2.75, 3.05) is 6.54 Å². The van der Waals surface area contributed by atoms with Crippen LogP contribution in [-0.2, 0) is 6.54 Å². The van der Waals surface area contributed by atoms with Crippen molar-refractivity contribution >= 4 is 0 Å². The van der Waals surface area contributed by atoms with Crippen LogP contribution in [0.1, 0.15) is 38.2 Å². The molecule has 0 radical (unpaired) electrons. The van der Waals surface area contributed by atoms with Crippen molar-refractivity contribution in [3.63, 3.8) is 0 Å². The van der Waals surface area contributed by atoms with Crippen molar-refractivity contribution in [2.24, 2.45) is 11.8 Å². The molecule has 1 heterocycles. The zero-order valence-corrected chi connectivity index (χ0v) is 11.6. The molecule has 1 aliphatic rings. The molecular formula is C15H23N3. The number of nitrogens with zero attached hydrogens (tertiary/aromatic N) is 2. The van der Waals surface area contributed by atoms with Crippen molar-refractivity contribution in [1.82, 2.24) is 15.3 Å². The summed E-state index contributed by atoms with van der Waals surface area (Å²) in [5.41, 5.74) is 2.62. The standard InChI is InChI=1S/C15H23N3/c1-11-6-12(2)8-14(7-11)9-16-10-15-4-5-17-13(3)18-15/h4-6,11,14,16H,7-10H2,1-3H3. The highest BCUT2D eigenvalue weighted by molar-refractivity contribution is 5.06. The van der Waals surface area contributed by atoms with Crippen LogP contribution < -0.4 is 5.32 Å². The third kappa shape index (κ3) is 3.91. The van der Waals surface area contributed by atoms with Crippen LogP contribution in [-0.4, -0.2) is 16.5 Å². The minimum Gasteiger partial charge on any atom is -0.311 e. The van der Waals surface area contributed by atoms with Crippen molar-refractivity contribution in [3.8, 4) is 0 Å². The van der Waals surface area contributed by atoms with E-state index < -0.39 is 0 Å². The van der Waals surface area contributed by atoms with Gasteiger partial charge in [0.1, 0.15) is 5.82 Å². The van der Waals surface area contributed by atoms with Gasteiger partial charge in [-0.25, -0.2) is 9.97 Å². The number of hydrogen-bond donors (Lipinski definition) is 1. The van der Waals surface area contributed by atoms with Crippen LogP contribution >= 0.6 is 0 Å². The van der Waals surface area contributed by atoms with Gasteiger partial charge in [-0.05, 0) is 51.1 Å². The third-order valence-electron chi connectivity index (χ3n) is 3.46. The Hall–Kier alpha value is -1.22. The van der Waals surface area contributed by atoms with Crippen LogP contribution in [0.4, 0.5) is 0 Å². The average molecular weight is 245 g/mol. The van der Waals surface area contributed by atoms with E-state index in [9.17, 15) is 0 Å². The van der Waals surface area contributed by atoms with Crippen LogP contribution in [0.5, 0.6) is 0 Å². The maximum absolute atomic E-state index is 4.40. The third-order valence-corrected chi connectivity index (χ3v) is 3.46. The molecule has 0 saturated carbocycles. The molecule has 0 aromatic carbocycles. The van der Waals surface area contributed by atoms with E-state index in [0.717, 1.165) is 36.4 Å². The number of aryl methyl sites for hydroxylation is 1. The molecular weight excluding hydrogens is 222 g/mol. The lowest BCUT2D eigenvalue weighted by molar-refractivity contribution is 0.380. The summed E-state index contributed by atoms with van der Waals surface area (Å²) >= 11 is 0. The van der Waals surface area contributed by atoms with Gasteiger partial charge in [-0.2, -0.15) is 0 Å². The van der Waals surface area contributed by atoms with Crippen molar-refractivity contribution in [1.29, 1.82) is 0 Å². The zero-order chi connectivity index (χ0) is 13.0. The van der Waals surface area contributed by atoms with Gasteiger partial charge in [0.15, 0.2) is 0 Å². The summed E-state index contributed by atoms with van der Waals surface area (Å²) < 4.78 is 0. The largest absolute Gasteiger partial charge is 0.311 e. The summed E-state index contributed by atoms with van der Waals surface area (Å²) in [5, 5.41) is 3.52. The normalized spacial score (nSPS) is 23.8. The fourth-order valence-electron chi connectivity index (χ4n) is 2.85. The van der Waals surface area contributed by atoms with E-state index >= 15 is 0 Å². The maximum Gasteiger partial charge on any atom is 0.125 e. The smallest absolute Gasteiger partial charge is 0.125 e. The summed E-state index contributed by atoms with van der Waals surface area (Å²) in [6.07, 6.45) is 6.77. The van der Waals surface area contributed by atoms with E-state index in [4.69, 9.17) is 0 Å². The minimum atomic E-state index is 0.729. The molecule has 1 aromatic rings. The summed E-state index contributed by atoms with van der Waals surface area (Å²) in [6, 6.07) is 1.98. The second kappa shape index (κ2) is 6.10. The van der Waals surface area contributed by atoms with Gasteiger partial charge >= 0.3 is 0 Å². The molecule has 2 rings (SSSR count). The first kappa shape index (κ1) is 13.2. The number of nitrogens with one attached hydrogen (secondary N) is 1. The lowest BCUT2D eigenvalue weighted by Crippen LogP contribution is -2.26. The van der Waals surface area contributed by atoms with Gasteiger partial charge in [0, 0.05) is 12.7 Å². The Morgan fingerprint density at radius 2 is 2.22 bits per heavy atom. The van der Waals surface area contributed by atoms with Crippen LogP contribution in [0.3, 0.4) is 0 Å². The first-order valence-corrected chi connectivity index (χ1v) is 6.80. The SMILES string of the molecule is CC1=CC(C)CC(CNCc2ccnc(C)n2)C1. The van der Waals surface area contributed by atoms with Gasteiger partial charge in [0.2, 0.25) is 0 Å². The second-order valence-corrected chi connectivity index (χ2v) is 5.52. The lowest BCUT2D eigenvalue weighted by Gasteiger charge is -2.25. The molecule has 1 aliphatic carbocycles. The van der Waals surface area contributed by atoms with Crippen LogP contribution in [0.15, 0.2) is 23.9 Å². The predicted octanol–water partition coefficient (Wildman–Crippen LogP) is 2.87. The van der Waals surface area contributed by atoms with E-state index in [2.05, 4.69) is 35.2 Å². The molecule has 1 N–H and O–H groups in total. The molecule has 18 heavy (non-hydrogen) atoms. The zero-order valence-electron chi connectivity index (χ0n) is 11.6. The van der Waals surface area contributed by atoms with Crippen molar-refractivity contribution in [3.05, 3.63) is 35.4 Å². The van der Waals surface area contributed by atoms with Crippen molar-refractivity contribution in [2.45, 2.75) is 40.2 Å². The molecule has 0 spiro atoms. The fraction of sp³-hybridized carbons (Fsp3) is 0.600. The number of rotatable bonds is 4. The Bertz CT molecular complexity index is 426. The molecule has 0 fully saturated rings. The molecule has 0 saturated heterocycles. The second-order valence-electron chi connectivity index (χ2n) is 5.52. The summed E-state index contributed by atoms with van der Waals surface area (Å²) in [5.74, 6) is 2.35. The lowest BCUT2D eigenvalue weighted by atomic mass is 9.84. The summed E-state index contributed by atoms with van der Waals surface area (Å²) in [7, 11) is 0. The van der Waals surface area contributed by atoms with Gasteiger partial charge in [0.25, 0.3) is 0 Å². The first-order valence-electron chi connectivity index (χ1n) is 6.80.